The minimum atomic E-state index is 0.204. The fourth-order valence-corrected chi connectivity index (χ4v) is 2.15. The number of ether oxygens (including phenoxy) is 2. The molecule has 18 heavy (non-hydrogen) atoms. The van der Waals surface area contributed by atoms with Crippen molar-refractivity contribution in [3.8, 4) is 11.5 Å². The van der Waals surface area contributed by atoms with Crippen LogP contribution in [0.3, 0.4) is 0 Å². The van der Waals surface area contributed by atoms with E-state index in [2.05, 4.69) is 13.0 Å². The molecule has 1 fully saturated rings. The summed E-state index contributed by atoms with van der Waals surface area (Å²) >= 11 is 0. The van der Waals surface area contributed by atoms with Gasteiger partial charge in [0.15, 0.2) is 0 Å². The summed E-state index contributed by atoms with van der Waals surface area (Å²) in [5.74, 6) is 1.75. The highest BCUT2D eigenvalue weighted by atomic mass is 16.6. The zero-order valence-corrected chi connectivity index (χ0v) is 10.4. The van der Waals surface area contributed by atoms with Gasteiger partial charge in [-0.25, -0.2) is 0 Å². The zero-order chi connectivity index (χ0) is 12.4. The highest BCUT2D eigenvalue weighted by molar-refractivity contribution is 5.41. The third-order valence-electron chi connectivity index (χ3n) is 3.18. The zero-order valence-electron chi connectivity index (χ0n) is 10.4. The molecule has 3 rings (SSSR count). The van der Waals surface area contributed by atoms with Crippen LogP contribution < -0.4 is 4.74 Å². The van der Waals surface area contributed by atoms with Crippen molar-refractivity contribution in [1.82, 2.24) is 0 Å². The van der Waals surface area contributed by atoms with Gasteiger partial charge in [0.05, 0.1) is 6.10 Å². The minimum Gasteiger partial charge on any atom is -0.457 e. The van der Waals surface area contributed by atoms with E-state index < -0.39 is 0 Å². The number of epoxide rings is 1. The summed E-state index contributed by atoms with van der Waals surface area (Å²) in [6.07, 6.45) is 1.60. The summed E-state index contributed by atoms with van der Waals surface area (Å²) in [7, 11) is 0. The van der Waals surface area contributed by atoms with E-state index in [0.717, 1.165) is 23.5 Å². The molecule has 1 heterocycles. The summed E-state index contributed by atoms with van der Waals surface area (Å²) < 4.78 is 11.6. The van der Waals surface area contributed by atoms with Gasteiger partial charge in [0.2, 0.25) is 0 Å². The molecule has 2 aromatic rings. The van der Waals surface area contributed by atoms with Gasteiger partial charge < -0.3 is 9.47 Å². The third kappa shape index (κ3) is 2.24. The molecule has 0 amide bonds. The van der Waals surface area contributed by atoms with Crippen LogP contribution >= 0.6 is 0 Å². The van der Waals surface area contributed by atoms with Crippen molar-refractivity contribution in [3.63, 3.8) is 0 Å². The lowest BCUT2D eigenvalue weighted by atomic mass is 10.1. The Morgan fingerprint density at radius 1 is 1.00 bits per heavy atom. The van der Waals surface area contributed by atoms with E-state index in [-0.39, 0.29) is 6.10 Å². The van der Waals surface area contributed by atoms with Crippen LogP contribution in [0.1, 0.15) is 25.0 Å². The lowest BCUT2D eigenvalue weighted by Gasteiger charge is -2.09. The lowest BCUT2D eigenvalue weighted by molar-refractivity contribution is 0.365. The molecule has 0 spiro atoms. The van der Waals surface area contributed by atoms with E-state index in [1.54, 1.807) is 0 Å². The first kappa shape index (κ1) is 11.3. The molecule has 1 aliphatic heterocycles. The number of benzene rings is 2. The molecule has 0 aromatic heterocycles. The first-order chi connectivity index (χ1) is 8.88. The second-order valence-electron chi connectivity index (χ2n) is 4.46. The number of para-hydroxylation sites is 2. The Morgan fingerprint density at radius 2 is 1.72 bits per heavy atom. The van der Waals surface area contributed by atoms with Gasteiger partial charge in [-0.15, -0.1) is 0 Å². The maximum absolute atomic E-state index is 5.92. The normalized spacial score (nSPS) is 21.6. The summed E-state index contributed by atoms with van der Waals surface area (Å²) in [5, 5.41) is 0. The molecular formula is C16H16O2. The SMILES string of the molecule is CCC1OC1c1ccccc1Oc1ccccc1. The molecule has 2 aromatic carbocycles. The van der Waals surface area contributed by atoms with Crippen molar-refractivity contribution in [2.75, 3.05) is 0 Å². The van der Waals surface area contributed by atoms with Gasteiger partial charge in [0.25, 0.3) is 0 Å². The molecular weight excluding hydrogens is 224 g/mol. The average molecular weight is 240 g/mol. The fraction of sp³-hybridized carbons (Fsp3) is 0.250. The molecule has 1 aliphatic rings. The smallest absolute Gasteiger partial charge is 0.133 e. The predicted octanol–water partition coefficient (Wildman–Crippen LogP) is 4.33. The van der Waals surface area contributed by atoms with Gasteiger partial charge in [-0.1, -0.05) is 43.3 Å². The van der Waals surface area contributed by atoms with E-state index in [9.17, 15) is 0 Å². The van der Waals surface area contributed by atoms with Crippen LogP contribution in [0.25, 0.3) is 0 Å². The Bertz CT molecular complexity index is 522. The first-order valence-corrected chi connectivity index (χ1v) is 6.36. The van der Waals surface area contributed by atoms with E-state index in [1.165, 1.54) is 0 Å². The Labute approximate surface area is 107 Å². The van der Waals surface area contributed by atoms with Crippen molar-refractivity contribution in [2.45, 2.75) is 25.6 Å². The molecule has 2 heteroatoms. The standard InChI is InChI=1S/C16H16O2/c1-2-14-16(18-14)13-10-6-7-11-15(13)17-12-8-4-3-5-9-12/h3-11,14,16H,2H2,1H3. The fourth-order valence-electron chi connectivity index (χ4n) is 2.15. The highest BCUT2D eigenvalue weighted by Crippen LogP contribution is 2.45. The van der Waals surface area contributed by atoms with Crippen molar-refractivity contribution in [3.05, 3.63) is 60.2 Å². The van der Waals surface area contributed by atoms with Crippen LogP contribution in [0, 0.1) is 0 Å². The summed E-state index contributed by atoms with van der Waals surface area (Å²) in [6, 6.07) is 17.9. The molecule has 2 unspecified atom stereocenters. The van der Waals surface area contributed by atoms with Crippen LogP contribution in [-0.4, -0.2) is 6.10 Å². The largest absolute Gasteiger partial charge is 0.457 e. The Kier molecular flexibility index (Phi) is 3.03. The van der Waals surface area contributed by atoms with Gasteiger partial charge in [-0.3, -0.25) is 0 Å². The molecule has 1 saturated heterocycles. The van der Waals surface area contributed by atoms with Crippen molar-refractivity contribution in [1.29, 1.82) is 0 Å². The van der Waals surface area contributed by atoms with Gasteiger partial charge >= 0.3 is 0 Å². The molecule has 0 saturated carbocycles. The van der Waals surface area contributed by atoms with E-state index in [4.69, 9.17) is 9.47 Å². The van der Waals surface area contributed by atoms with E-state index >= 15 is 0 Å². The van der Waals surface area contributed by atoms with Gasteiger partial charge in [-0.05, 0) is 24.6 Å². The van der Waals surface area contributed by atoms with Gasteiger partial charge in [-0.2, -0.15) is 0 Å². The second-order valence-corrected chi connectivity index (χ2v) is 4.46. The Balaban J connectivity index is 1.84. The average Bonchev–Trinajstić information content (AvgIpc) is 3.20. The lowest BCUT2D eigenvalue weighted by Crippen LogP contribution is -1.92. The molecule has 92 valence electrons. The van der Waals surface area contributed by atoms with Gasteiger partial charge in [0, 0.05) is 5.56 Å². The summed E-state index contributed by atoms with van der Waals surface area (Å²) in [5.41, 5.74) is 1.15. The summed E-state index contributed by atoms with van der Waals surface area (Å²) in [4.78, 5) is 0. The highest BCUT2D eigenvalue weighted by Gasteiger charge is 2.40. The third-order valence-corrected chi connectivity index (χ3v) is 3.18. The van der Waals surface area contributed by atoms with E-state index in [0.29, 0.717) is 6.10 Å². The number of hydrogen-bond acceptors (Lipinski definition) is 2. The summed E-state index contributed by atoms with van der Waals surface area (Å²) in [6.45, 7) is 2.14. The minimum absolute atomic E-state index is 0.204. The van der Waals surface area contributed by atoms with Crippen LogP contribution in [0.15, 0.2) is 54.6 Å². The molecule has 2 atom stereocenters. The first-order valence-electron chi connectivity index (χ1n) is 6.36. The van der Waals surface area contributed by atoms with Crippen molar-refractivity contribution < 1.29 is 9.47 Å². The molecule has 0 bridgehead atoms. The maximum atomic E-state index is 5.92. The molecule has 0 radical (unpaired) electrons. The molecule has 0 aliphatic carbocycles. The monoisotopic (exact) mass is 240 g/mol. The molecule has 0 N–H and O–H groups in total. The Hall–Kier alpha value is -1.80. The van der Waals surface area contributed by atoms with Gasteiger partial charge in [0.1, 0.15) is 17.6 Å². The second kappa shape index (κ2) is 4.83. The maximum Gasteiger partial charge on any atom is 0.133 e. The number of hydrogen-bond donors (Lipinski definition) is 0. The van der Waals surface area contributed by atoms with Crippen molar-refractivity contribution in [2.24, 2.45) is 0 Å². The Morgan fingerprint density at radius 3 is 2.44 bits per heavy atom. The van der Waals surface area contributed by atoms with Crippen LogP contribution in [0.2, 0.25) is 0 Å². The van der Waals surface area contributed by atoms with Crippen LogP contribution in [0.5, 0.6) is 11.5 Å². The molecule has 2 nitrogen and oxygen atoms in total. The number of rotatable bonds is 4. The topological polar surface area (TPSA) is 21.8 Å². The quantitative estimate of drug-likeness (QED) is 0.742. The van der Waals surface area contributed by atoms with Crippen molar-refractivity contribution >= 4 is 0 Å². The van der Waals surface area contributed by atoms with E-state index in [1.807, 2.05) is 48.5 Å². The predicted molar refractivity (Wildman–Crippen MR) is 70.9 cm³/mol. The van der Waals surface area contributed by atoms with Crippen LogP contribution in [-0.2, 0) is 4.74 Å². The van der Waals surface area contributed by atoms with Crippen LogP contribution in [0.4, 0.5) is 0 Å².